The molecule has 0 aromatic heterocycles. The standard InChI is InChI=1S/C12H24N2O3/c1-12(2,3)17-11(15)14-9-10-8-13-6-4-5-7-16-10/h10,13H,4-9H2,1-3H3,(H,14,15)/t10-/m1/s1. The Morgan fingerprint density at radius 3 is 2.94 bits per heavy atom. The molecule has 2 N–H and O–H groups in total. The van der Waals surface area contributed by atoms with E-state index in [4.69, 9.17) is 9.47 Å². The molecule has 1 heterocycles. The van der Waals surface area contributed by atoms with E-state index < -0.39 is 5.60 Å². The van der Waals surface area contributed by atoms with Crippen LogP contribution in [0, 0.1) is 0 Å². The molecule has 5 heteroatoms. The van der Waals surface area contributed by atoms with Crippen LogP contribution in [-0.2, 0) is 9.47 Å². The molecule has 0 aliphatic carbocycles. The lowest BCUT2D eigenvalue weighted by Gasteiger charge is -2.23. The van der Waals surface area contributed by atoms with Gasteiger partial charge in [-0.3, -0.25) is 0 Å². The highest BCUT2D eigenvalue weighted by Gasteiger charge is 2.18. The van der Waals surface area contributed by atoms with Gasteiger partial charge in [0.15, 0.2) is 0 Å². The van der Waals surface area contributed by atoms with Crippen LogP contribution in [0.5, 0.6) is 0 Å². The van der Waals surface area contributed by atoms with Gasteiger partial charge >= 0.3 is 6.09 Å². The number of hydrogen-bond donors (Lipinski definition) is 2. The van der Waals surface area contributed by atoms with Crippen molar-refractivity contribution < 1.29 is 14.3 Å². The molecule has 1 amide bonds. The van der Waals surface area contributed by atoms with Crippen LogP contribution in [0.3, 0.4) is 0 Å². The van der Waals surface area contributed by atoms with Gasteiger partial charge < -0.3 is 20.1 Å². The lowest BCUT2D eigenvalue weighted by atomic mass is 10.2. The average molecular weight is 244 g/mol. The van der Waals surface area contributed by atoms with Crippen LogP contribution < -0.4 is 10.6 Å². The molecule has 1 saturated heterocycles. The number of rotatable bonds is 2. The van der Waals surface area contributed by atoms with Gasteiger partial charge in [0.2, 0.25) is 0 Å². The van der Waals surface area contributed by atoms with Crippen molar-refractivity contribution in [2.45, 2.75) is 45.3 Å². The quantitative estimate of drug-likeness (QED) is 0.768. The van der Waals surface area contributed by atoms with Gasteiger partial charge in [-0.05, 0) is 40.2 Å². The topological polar surface area (TPSA) is 59.6 Å². The van der Waals surface area contributed by atoms with Gasteiger partial charge in [0.1, 0.15) is 5.60 Å². The third-order valence-corrected chi connectivity index (χ3v) is 2.35. The molecule has 0 aromatic carbocycles. The van der Waals surface area contributed by atoms with Gasteiger partial charge in [-0.2, -0.15) is 0 Å². The van der Waals surface area contributed by atoms with Crippen LogP contribution >= 0.6 is 0 Å². The predicted octanol–water partition coefficient (Wildman–Crippen LogP) is 1.28. The number of hydrogen-bond acceptors (Lipinski definition) is 4. The summed E-state index contributed by atoms with van der Waals surface area (Å²) >= 11 is 0. The minimum Gasteiger partial charge on any atom is -0.444 e. The van der Waals surface area contributed by atoms with E-state index in [0.29, 0.717) is 6.54 Å². The van der Waals surface area contributed by atoms with Crippen molar-refractivity contribution in [2.24, 2.45) is 0 Å². The third-order valence-electron chi connectivity index (χ3n) is 2.35. The van der Waals surface area contributed by atoms with Crippen LogP contribution in [0.25, 0.3) is 0 Å². The number of amides is 1. The summed E-state index contributed by atoms with van der Waals surface area (Å²) < 4.78 is 10.8. The maximum absolute atomic E-state index is 11.4. The molecule has 17 heavy (non-hydrogen) atoms. The van der Waals surface area contributed by atoms with Crippen molar-refractivity contribution in [2.75, 3.05) is 26.2 Å². The van der Waals surface area contributed by atoms with Gasteiger partial charge in [0, 0.05) is 19.7 Å². The van der Waals surface area contributed by atoms with Gasteiger partial charge in [-0.1, -0.05) is 0 Å². The number of carbonyl (C=O) groups excluding carboxylic acids is 1. The molecule has 0 spiro atoms. The Kier molecular flexibility index (Phi) is 5.71. The van der Waals surface area contributed by atoms with Gasteiger partial charge in [-0.25, -0.2) is 4.79 Å². The fraction of sp³-hybridized carbons (Fsp3) is 0.917. The van der Waals surface area contributed by atoms with E-state index in [2.05, 4.69) is 10.6 Å². The summed E-state index contributed by atoms with van der Waals surface area (Å²) in [4.78, 5) is 11.4. The summed E-state index contributed by atoms with van der Waals surface area (Å²) in [5, 5.41) is 6.02. The summed E-state index contributed by atoms with van der Waals surface area (Å²) in [6.45, 7) is 8.59. The molecule has 1 fully saturated rings. The molecule has 5 nitrogen and oxygen atoms in total. The fourth-order valence-electron chi connectivity index (χ4n) is 1.57. The van der Waals surface area contributed by atoms with Crippen LogP contribution in [-0.4, -0.2) is 44.0 Å². The van der Waals surface area contributed by atoms with Gasteiger partial charge in [0.05, 0.1) is 6.10 Å². The summed E-state index contributed by atoms with van der Waals surface area (Å²) in [7, 11) is 0. The number of alkyl carbamates (subject to hydrolysis) is 1. The van der Waals surface area contributed by atoms with E-state index in [0.717, 1.165) is 32.5 Å². The fourth-order valence-corrected chi connectivity index (χ4v) is 1.57. The van der Waals surface area contributed by atoms with Crippen molar-refractivity contribution in [1.29, 1.82) is 0 Å². The van der Waals surface area contributed by atoms with E-state index in [9.17, 15) is 4.79 Å². The number of nitrogens with one attached hydrogen (secondary N) is 2. The molecule has 0 bridgehead atoms. The van der Waals surface area contributed by atoms with Crippen molar-refractivity contribution in [1.82, 2.24) is 10.6 Å². The summed E-state index contributed by atoms with van der Waals surface area (Å²) in [6.07, 6.45) is 1.85. The molecule has 0 aromatic rings. The van der Waals surface area contributed by atoms with E-state index in [1.165, 1.54) is 0 Å². The van der Waals surface area contributed by atoms with E-state index in [1.807, 2.05) is 20.8 Å². The minimum absolute atomic E-state index is 0.0304. The first kappa shape index (κ1) is 14.3. The van der Waals surface area contributed by atoms with E-state index in [-0.39, 0.29) is 12.2 Å². The Balaban J connectivity index is 2.21. The first-order valence-corrected chi connectivity index (χ1v) is 6.26. The minimum atomic E-state index is -0.454. The normalized spacial score (nSPS) is 22.4. The second-order valence-electron chi connectivity index (χ2n) is 5.29. The number of ether oxygens (including phenoxy) is 2. The van der Waals surface area contributed by atoms with E-state index >= 15 is 0 Å². The largest absolute Gasteiger partial charge is 0.444 e. The second kappa shape index (κ2) is 6.81. The molecule has 0 saturated carbocycles. The maximum Gasteiger partial charge on any atom is 0.407 e. The Hall–Kier alpha value is -0.810. The summed E-state index contributed by atoms with van der Waals surface area (Å²) in [5.74, 6) is 0. The molecule has 1 rings (SSSR count). The van der Waals surface area contributed by atoms with Crippen molar-refractivity contribution in [3.63, 3.8) is 0 Å². The zero-order valence-electron chi connectivity index (χ0n) is 11.0. The average Bonchev–Trinajstić information content (AvgIpc) is 2.13. The van der Waals surface area contributed by atoms with Gasteiger partial charge in [0.25, 0.3) is 0 Å². The lowest BCUT2D eigenvalue weighted by Crippen LogP contribution is -2.42. The van der Waals surface area contributed by atoms with Crippen LogP contribution in [0.15, 0.2) is 0 Å². The van der Waals surface area contributed by atoms with Crippen molar-refractivity contribution in [3.8, 4) is 0 Å². The van der Waals surface area contributed by atoms with Crippen LogP contribution in [0.1, 0.15) is 33.6 Å². The Bertz CT molecular complexity index is 230. The first-order chi connectivity index (χ1) is 7.97. The number of carbonyl (C=O) groups is 1. The van der Waals surface area contributed by atoms with Crippen molar-refractivity contribution >= 4 is 6.09 Å². The molecule has 0 radical (unpaired) electrons. The zero-order valence-corrected chi connectivity index (χ0v) is 11.0. The molecular formula is C12H24N2O3. The second-order valence-corrected chi connectivity index (χ2v) is 5.29. The highest BCUT2D eigenvalue weighted by atomic mass is 16.6. The lowest BCUT2D eigenvalue weighted by molar-refractivity contribution is 0.0302. The van der Waals surface area contributed by atoms with Crippen LogP contribution in [0.4, 0.5) is 4.79 Å². The van der Waals surface area contributed by atoms with E-state index in [1.54, 1.807) is 0 Å². The monoisotopic (exact) mass is 244 g/mol. The van der Waals surface area contributed by atoms with Crippen LogP contribution in [0.2, 0.25) is 0 Å². The van der Waals surface area contributed by atoms with Gasteiger partial charge in [-0.15, -0.1) is 0 Å². The Morgan fingerprint density at radius 2 is 2.24 bits per heavy atom. The third kappa shape index (κ3) is 7.18. The highest BCUT2D eigenvalue weighted by molar-refractivity contribution is 5.67. The SMILES string of the molecule is CC(C)(C)OC(=O)NC[C@H]1CNCCCCO1. The Labute approximate surface area is 103 Å². The smallest absolute Gasteiger partial charge is 0.407 e. The summed E-state index contributed by atoms with van der Waals surface area (Å²) in [6, 6.07) is 0. The Morgan fingerprint density at radius 1 is 1.47 bits per heavy atom. The molecule has 1 aliphatic rings. The molecule has 1 aliphatic heterocycles. The first-order valence-electron chi connectivity index (χ1n) is 6.26. The molecular weight excluding hydrogens is 220 g/mol. The summed E-state index contributed by atoms with van der Waals surface area (Å²) in [5.41, 5.74) is -0.454. The highest BCUT2D eigenvalue weighted by Crippen LogP contribution is 2.06. The predicted molar refractivity (Wildman–Crippen MR) is 66.1 cm³/mol. The van der Waals surface area contributed by atoms with Crippen molar-refractivity contribution in [3.05, 3.63) is 0 Å². The zero-order chi connectivity index (χ0) is 12.7. The molecule has 1 atom stereocenters. The molecule has 100 valence electrons. The maximum atomic E-state index is 11.4. The molecule has 0 unspecified atom stereocenters.